The van der Waals surface area contributed by atoms with Gasteiger partial charge in [-0.05, 0) is 66.5 Å². The highest BCUT2D eigenvalue weighted by Crippen LogP contribution is 2.33. The molecule has 2 aromatic heterocycles. The van der Waals surface area contributed by atoms with Crippen LogP contribution in [0.5, 0.6) is 11.6 Å². The number of benzene rings is 1. The molecule has 0 saturated carbocycles. The fraction of sp³-hybridized carbons (Fsp3) is 0.273. The number of ether oxygens (including phenoxy) is 1. The van der Waals surface area contributed by atoms with Crippen molar-refractivity contribution in [1.82, 2.24) is 10.3 Å². The number of amides is 1. The van der Waals surface area contributed by atoms with Crippen LogP contribution in [0.15, 0.2) is 54.0 Å². The van der Waals surface area contributed by atoms with Gasteiger partial charge < -0.3 is 15.8 Å². The van der Waals surface area contributed by atoms with Crippen LogP contribution >= 0.6 is 11.3 Å². The minimum absolute atomic E-state index is 0.370. The molecule has 4 rings (SSSR count). The number of fused-ring (bicyclic) bond motifs is 1. The van der Waals surface area contributed by atoms with Crippen molar-refractivity contribution in [2.75, 3.05) is 6.54 Å². The van der Waals surface area contributed by atoms with Gasteiger partial charge in [0.2, 0.25) is 11.8 Å². The van der Waals surface area contributed by atoms with Crippen LogP contribution in [0.3, 0.4) is 0 Å². The number of pyridine rings is 1. The highest BCUT2D eigenvalue weighted by atomic mass is 32.1. The second-order valence-corrected chi connectivity index (χ2v) is 7.97. The summed E-state index contributed by atoms with van der Waals surface area (Å²) in [6, 6.07) is 14.2. The number of hydrogen-bond donors (Lipinski definition) is 2. The molecule has 5 nitrogen and oxygen atoms in total. The van der Waals surface area contributed by atoms with Gasteiger partial charge in [-0.25, -0.2) is 4.98 Å². The Hall–Kier alpha value is -2.70. The summed E-state index contributed by atoms with van der Waals surface area (Å²) >= 11 is 1.81. The van der Waals surface area contributed by atoms with Crippen LogP contribution in [-0.2, 0) is 12.8 Å². The second kappa shape index (κ2) is 8.54. The molecule has 2 heterocycles. The molecule has 0 radical (unpaired) electrons. The van der Waals surface area contributed by atoms with E-state index in [4.69, 9.17) is 10.5 Å². The van der Waals surface area contributed by atoms with Crippen LogP contribution in [0, 0.1) is 0 Å². The first-order chi connectivity index (χ1) is 13.7. The van der Waals surface area contributed by atoms with Crippen LogP contribution in [0.2, 0.25) is 0 Å². The van der Waals surface area contributed by atoms with Crippen molar-refractivity contribution < 1.29 is 9.53 Å². The number of nitrogens with two attached hydrogens (primary N) is 1. The number of aromatic nitrogens is 1. The van der Waals surface area contributed by atoms with E-state index >= 15 is 0 Å². The molecule has 1 amide bonds. The molecular formula is C22H23N3O2S. The molecule has 1 aromatic carbocycles. The predicted molar refractivity (Wildman–Crippen MR) is 111 cm³/mol. The van der Waals surface area contributed by atoms with E-state index in [0.29, 0.717) is 17.5 Å². The lowest BCUT2D eigenvalue weighted by atomic mass is 9.87. The van der Waals surface area contributed by atoms with Gasteiger partial charge in [-0.2, -0.15) is 0 Å². The maximum Gasteiger partial charge on any atom is 0.250 e. The number of hydrogen-bond acceptors (Lipinski definition) is 5. The van der Waals surface area contributed by atoms with Crippen molar-refractivity contribution in [2.45, 2.75) is 31.7 Å². The second-order valence-electron chi connectivity index (χ2n) is 6.94. The molecule has 1 unspecified atom stereocenters. The van der Waals surface area contributed by atoms with E-state index in [1.54, 1.807) is 12.1 Å². The summed E-state index contributed by atoms with van der Waals surface area (Å²) in [7, 11) is 0. The fourth-order valence-electron chi connectivity index (χ4n) is 3.60. The Bertz CT molecular complexity index is 939. The van der Waals surface area contributed by atoms with Crippen molar-refractivity contribution in [3.63, 3.8) is 0 Å². The Kier molecular flexibility index (Phi) is 5.69. The normalized spacial score (nSPS) is 15.8. The maximum atomic E-state index is 11.1. The van der Waals surface area contributed by atoms with Crippen molar-refractivity contribution in [2.24, 2.45) is 5.73 Å². The van der Waals surface area contributed by atoms with Crippen molar-refractivity contribution >= 4 is 17.2 Å². The number of thiophene rings is 1. The Labute approximate surface area is 168 Å². The lowest BCUT2D eigenvalue weighted by Crippen LogP contribution is -2.26. The Morgan fingerprint density at radius 2 is 2.21 bits per heavy atom. The van der Waals surface area contributed by atoms with Crippen molar-refractivity contribution in [1.29, 1.82) is 0 Å². The number of carbonyl (C=O) groups excluding carboxylic acids is 1. The van der Waals surface area contributed by atoms with Gasteiger partial charge in [-0.3, -0.25) is 4.79 Å². The molecule has 0 aliphatic heterocycles. The third kappa shape index (κ3) is 4.40. The summed E-state index contributed by atoms with van der Waals surface area (Å²) in [5.74, 6) is 0.717. The minimum atomic E-state index is -0.495. The average molecular weight is 394 g/mol. The number of nitrogens with one attached hydrogen (secondary N) is 1. The Balaban J connectivity index is 1.41. The summed E-state index contributed by atoms with van der Waals surface area (Å²) < 4.78 is 5.86. The summed E-state index contributed by atoms with van der Waals surface area (Å²) in [5.41, 5.74) is 8.30. The molecule has 1 aliphatic carbocycles. The summed E-state index contributed by atoms with van der Waals surface area (Å²) in [6.45, 7) is 0.985. The molecule has 28 heavy (non-hydrogen) atoms. The number of primary amides is 1. The standard InChI is InChI=1S/C22H23N3O2S/c23-22(26)16-6-9-21(25-14-16)27-17-7-8-19-15(13-17)3-1-5-20(19)24-11-10-18-4-2-12-28-18/h2,4,6-9,12-14,20,24H,1,3,5,10-11H2,(H2,23,26). The average Bonchev–Trinajstić information content (AvgIpc) is 3.22. The van der Waals surface area contributed by atoms with Gasteiger partial charge in [0, 0.05) is 29.7 Å². The van der Waals surface area contributed by atoms with E-state index in [9.17, 15) is 4.79 Å². The Morgan fingerprint density at radius 1 is 1.29 bits per heavy atom. The Morgan fingerprint density at radius 3 is 2.96 bits per heavy atom. The molecule has 1 atom stereocenters. The van der Waals surface area contributed by atoms with Crippen LogP contribution in [0.1, 0.15) is 45.2 Å². The third-order valence-corrected chi connectivity index (χ3v) is 5.95. The van der Waals surface area contributed by atoms with Crippen molar-refractivity contribution in [3.8, 4) is 11.6 Å². The van der Waals surface area contributed by atoms with Gasteiger partial charge in [-0.15, -0.1) is 11.3 Å². The van der Waals surface area contributed by atoms with Gasteiger partial charge in [0.15, 0.2) is 0 Å². The van der Waals surface area contributed by atoms with Crippen LogP contribution in [0.25, 0.3) is 0 Å². The van der Waals surface area contributed by atoms with E-state index < -0.39 is 5.91 Å². The minimum Gasteiger partial charge on any atom is -0.439 e. The first kappa shape index (κ1) is 18.7. The molecule has 3 N–H and O–H groups in total. The SMILES string of the molecule is NC(=O)c1ccc(Oc2ccc3c(c2)CCCC3NCCc2cccs2)nc1. The monoisotopic (exact) mass is 393 g/mol. The van der Waals surface area contributed by atoms with Gasteiger partial charge in [0.05, 0.1) is 5.56 Å². The summed E-state index contributed by atoms with van der Waals surface area (Å²) in [6.07, 6.45) is 5.89. The molecule has 0 fully saturated rings. The van der Waals surface area contributed by atoms with E-state index in [2.05, 4.69) is 39.9 Å². The lowest BCUT2D eigenvalue weighted by Gasteiger charge is -2.27. The van der Waals surface area contributed by atoms with E-state index in [1.165, 1.54) is 28.6 Å². The number of carbonyl (C=O) groups is 1. The largest absolute Gasteiger partial charge is 0.439 e. The first-order valence-corrected chi connectivity index (χ1v) is 10.4. The molecule has 144 valence electrons. The molecule has 3 aromatic rings. The zero-order chi connectivity index (χ0) is 19.3. The van der Waals surface area contributed by atoms with E-state index in [1.807, 2.05) is 17.4 Å². The molecular weight excluding hydrogens is 370 g/mol. The molecule has 1 aliphatic rings. The maximum absolute atomic E-state index is 11.1. The highest BCUT2D eigenvalue weighted by Gasteiger charge is 2.20. The highest BCUT2D eigenvalue weighted by molar-refractivity contribution is 7.09. The van der Waals surface area contributed by atoms with Gasteiger partial charge in [0.1, 0.15) is 5.75 Å². The number of aryl methyl sites for hydroxylation is 1. The third-order valence-electron chi connectivity index (χ3n) is 5.01. The van der Waals surface area contributed by atoms with Gasteiger partial charge in [-0.1, -0.05) is 12.1 Å². The van der Waals surface area contributed by atoms with Crippen molar-refractivity contribution in [3.05, 3.63) is 75.6 Å². The van der Waals surface area contributed by atoms with Crippen LogP contribution in [-0.4, -0.2) is 17.4 Å². The molecule has 6 heteroatoms. The van der Waals surface area contributed by atoms with Gasteiger partial charge >= 0.3 is 0 Å². The van der Waals surface area contributed by atoms with Crippen LogP contribution < -0.4 is 15.8 Å². The van der Waals surface area contributed by atoms with E-state index in [-0.39, 0.29) is 0 Å². The quantitative estimate of drug-likeness (QED) is 0.629. The molecule has 0 bridgehead atoms. The predicted octanol–water partition coefficient (Wildman–Crippen LogP) is 4.24. The zero-order valence-corrected chi connectivity index (χ0v) is 16.4. The topological polar surface area (TPSA) is 77.2 Å². The number of rotatable bonds is 7. The first-order valence-electron chi connectivity index (χ1n) is 9.51. The van der Waals surface area contributed by atoms with Gasteiger partial charge in [0.25, 0.3) is 0 Å². The fourth-order valence-corrected chi connectivity index (χ4v) is 4.31. The zero-order valence-electron chi connectivity index (χ0n) is 15.6. The molecule has 0 spiro atoms. The number of nitrogens with zero attached hydrogens (tertiary/aromatic N) is 1. The summed E-state index contributed by atoms with van der Waals surface area (Å²) in [5, 5.41) is 5.84. The summed E-state index contributed by atoms with van der Waals surface area (Å²) in [4.78, 5) is 16.7. The lowest BCUT2D eigenvalue weighted by molar-refractivity contribution is 0.1000. The van der Waals surface area contributed by atoms with Crippen LogP contribution in [0.4, 0.5) is 0 Å². The van der Waals surface area contributed by atoms with E-state index in [0.717, 1.165) is 31.6 Å². The smallest absolute Gasteiger partial charge is 0.250 e. The molecule has 0 saturated heterocycles.